The first-order valence-corrected chi connectivity index (χ1v) is 12.2. The molecule has 2 aromatic carbocycles. The van der Waals surface area contributed by atoms with Gasteiger partial charge in [0.05, 0.1) is 22.0 Å². The molecule has 0 spiro atoms. The Morgan fingerprint density at radius 3 is 2.78 bits per heavy atom. The lowest BCUT2D eigenvalue weighted by molar-refractivity contribution is 0.239. The highest BCUT2D eigenvalue weighted by atomic mass is 35.5. The number of hydrogen-bond acceptors (Lipinski definition) is 6. The van der Waals surface area contributed by atoms with E-state index in [1.54, 1.807) is 23.7 Å². The number of aromatic nitrogens is 1. The Morgan fingerprint density at radius 1 is 1.25 bits per heavy atom. The third-order valence-corrected chi connectivity index (χ3v) is 7.10. The first-order valence-electron chi connectivity index (χ1n) is 10.1. The van der Waals surface area contributed by atoms with Crippen LogP contribution in [-0.4, -0.2) is 24.7 Å². The first-order chi connectivity index (χ1) is 15.5. The predicted octanol–water partition coefficient (Wildman–Crippen LogP) is 6.65. The number of thiazole rings is 1. The third kappa shape index (κ3) is 5.43. The number of anilines is 1. The minimum absolute atomic E-state index is 0.0127. The highest BCUT2D eigenvalue weighted by molar-refractivity contribution is 8.00. The van der Waals surface area contributed by atoms with E-state index in [2.05, 4.69) is 21.1 Å². The van der Waals surface area contributed by atoms with Gasteiger partial charge < -0.3 is 14.8 Å². The van der Waals surface area contributed by atoms with Gasteiger partial charge in [0, 0.05) is 23.4 Å². The van der Waals surface area contributed by atoms with Crippen molar-refractivity contribution in [2.45, 2.75) is 23.8 Å². The van der Waals surface area contributed by atoms with E-state index in [1.807, 2.05) is 12.4 Å². The predicted molar refractivity (Wildman–Crippen MR) is 128 cm³/mol. The van der Waals surface area contributed by atoms with Crippen molar-refractivity contribution in [2.24, 2.45) is 5.92 Å². The van der Waals surface area contributed by atoms with Crippen LogP contribution in [0.3, 0.4) is 0 Å². The second-order valence-electron chi connectivity index (χ2n) is 7.35. The summed E-state index contributed by atoms with van der Waals surface area (Å²) in [5.41, 5.74) is 3.74. The highest BCUT2D eigenvalue weighted by Gasteiger charge is 2.29. The van der Waals surface area contributed by atoms with Crippen LogP contribution in [0.25, 0.3) is 5.57 Å². The van der Waals surface area contributed by atoms with Gasteiger partial charge in [-0.2, -0.15) is 0 Å². The van der Waals surface area contributed by atoms with Crippen molar-refractivity contribution in [3.05, 3.63) is 75.6 Å². The molecule has 4 rings (SSSR count). The van der Waals surface area contributed by atoms with E-state index in [1.165, 1.54) is 29.5 Å². The second-order valence-corrected chi connectivity index (χ2v) is 9.32. The lowest BCUT2D eigenvalue weighted by Crippen LogP contribution is -2.39. The number of halogens is 3. The van der Waals surface area contributed by atoms with Gasteiger partial charge in [0.1, 0.15) is 23.2 Å². The summed E-state index contributed by atoms with van der Waals surface area (Å²) in [6.45, 7) is 0.317. The largest absolute Gasteiger partial charge is 0.491 e. The molecule has 0 saturated carbocycles. The second kappa shape index (κ2) is 10.7. The van der Waals surface area contributed by atoms with Crippen LogP contribution in [0.2, 0.25) is 5.02 Å². The summed E-state index contributed by atoms with van der Waals surface area (Å²) in [6.07, 6.45) is 4.04. The van der Waals surface area contributed by atoms with Crippen molar-refractivity contribution >= 4 is 46.3 Å². The van der Waals surface area contributed by atoms with Crippen LogP contribution in [0.5, 0.6) is 5.75 Å². The molecule has 2 N–H and O–H groups in total. The SMILES string of the molecule is CNC1CCC=C(c2ccc(F)cc2)C1COc1cc(F)c(SNc2cscn2)cc1Cl. The van der Waals surface area contributed by atoms with Gasteiger partial charge in [-0.25, -0.2) is 13.8 Å². The molecule has 1 heterocycles. The van der Waals surface area contributed by atoms with Crippen molar-refractivity contribution in [1.29, 1.82) is 0 Å². The van der Waals surface area contributed by atoms with E-state index in [4.69, 9.17) is 16.3 Å². The van der Waals surface area contributed by atoms with E-state index in [9.17, 15) is 8.78 Å². The van der Waals surface area contributed by atoms with Gasteiger partial charge in [0.2, 0.25) is 0 Å². The summed E-state index contributed by atoms with van der Waals surface area (Å²) < 4.78 is 37.1. The minimum Gasteiger partial charge on any atom is -0.491 e. The van der Waals surface area contributed by atoms with Crippen LogP contribution in [0.1, 0.15) is 18.4 Å². The van der Waals surface area contributed by atoms with Crippen molar-refractivity contribution in [2.75, 3.05) is 18.4 Å². The smallest absolute Gasteiger partial charge is 0.147 e. The van der Waals surface area contributed by atoms with Crippen LogP contribution in [-0.2, 0) is 0 Å². The molecule has 1 aliphatic rings. The fraction of sp³-hybridized carbons (Fsp3) is 0.261. The molecule has 0 saturated heterocycles. The van der Waals surface area contributed by atoms with Gasteiger partial charge in [-0.05, 0) is 61.2 Å². The van der Waals surface area contributed by atoms with Gasteiger partial charge in [0.15, 0.2) is 0 Å². The fourth-order valence-electron chi connectivity index (χ4n) is 3.76. The maximum atomic E-state index is 14.7. The molecule has 2 atom stereocenters. The molecular formula is C23H22ClF2N3OS2. The highest BCUT2D eigenvalue weighted by Crippen LogP contribution is 2.36. The minimum atomic E-state index is -0.430. The Balaban J connectivity index is 1.48. The molecule has 4 nitrogen and oxygen atoms in total. The molecule has 3 aromatic rings. The molecule has 0 fully saturated rings. The molecule has 168 valence electrons. The van der Waals surface area contributed by atoms with Crippen molar-refractivity contribution in [3.8, 4) is 5.75 Å². The first kappa shape index (κ1) is 23.0. The van der Waals surface area contributed by atoms with Gasteiger partial charge >= 0.3 is 0 Å². The third-order valence-electron chi connectivity index (χ3n) is 5.38. The lowest BCUT2D eigenvalue weighted by Gasteiger charge is -2.33. The molecule has 32 heavy (non-hydrogen) atoms. The molecular weight excluding hydrogens is 472 g/mol. The molecule has 0 radical (unpaired) electrons. The fourth-order valence-corrected chi connectivity index (χ4v) is 5.26. The van der Waals surface area contributed by atoms with Gasteiger partial charge in [-0.3, -0.25) is 0 Å². The molecule has 2 unspecified atom stereocenters. The summed E-state index contributed by atoms with van der Waals surface area (Å²) in [5, 5.41) is 5.51. The number of allylic oxidation sites excluding steroid dienone is 1. The molecule has 0 aliphatic heterocycles. The Labute approximate surface area is 199 Å². The average Bonchev–Trinajstić information content (AvgIpc) is 3.32. The maximum Gasteiger partial charge on any atom is 0.147 e. The zero-order chi connectivity index (χ0) is 22.5. The van der Waals surface area contributed by atoms with Crippen LogP contribution in [0, 0.1) is 17.6 Å². The Kier molecular flexibility index (Phi) is 7.67. The number of hydrogen-bond donors (Lipinski definition) is 2. The van der Waals surface area contributed by atoms with Gasteiger partial charge in [0.25, 0.3) is 0 Å². The van der Waals surface area contributed by atoms with Crippen LogP contribution < -0.4 is 14.8 Å². The topological polar surface area (TPSA) is 46.2 Å². The van der Waals surface area contributed by atoms with E-state index < -0.39 is 5.82 Å². The maximum absolute atomic E-state index is 14.7. The Morgan fingerprint density at radius 2 is 2.06 bits per heavy atom. The van der Waals surface area contributed by atoms with E-state index in [0.717, 1.165) is 35.9 Å². The van der Waals surface area contributed by atoms with Crippen molar-refractivity contribution < 1.29 is 13.5 Å². The monoisotopic (exact) mass is 493 g/mol. The van der Waals surface area contributed by atoms with Crippen LogP contribution in [0.4, 0.5) is 14.6 Å². The number of nitrogens with zero attached hydrogens (tertiary/aromatic N) is 1. The van der Waals surface area contributed by atoms with Crippen LogP contribution >= 0.6 is 34.9 Å². The normalized spacial score (nSPS) is 18.3. The number of ether oxygens (including phenoxy) is 1. The van der Waals surface area contributed by atoms with Gasteiger partial charge in [-0.15, -0.1) is 11.3 Å². The molecule has 1 aliphatic carbocycles. The van der Waals surface area contributed by atoms with E-state index in [0.29, 0.717) is 28.1 Å². The summed E-state index contributed by atoms with van der Waals surface area (Å²) >= 11 is 8.96. The molecule has 0 amide bonds. The summed E-state index contributed by atoms with van der Waals surface area (Å²) in [5.74, 6) is 0.263. The lowest BCUT2D eigenvalue weighted by atomic mass is 9.80. The van der Waals surface area contributed by atoms with E-state index >= 15 is 0 Å². The standard InChI is InChI=1S/C23H22ClF2N3OS2/c1-27-20-4-2-3-16(14-5-7-15(25)8-6-14)17(20)11-30-21-10-19(26)22(9-18(21)24)32-29-23-12-31-13-28-23/h3,5-10,12-13,17,20,27,29H,2,4,11H2,1H3. The number of benzene rings is 2. The number of rotatable bonds is 8. The summed E-state index contributed by atoms with van der Waals surface area (Å²) in [6, 6.07) is 9.51. The quantitative estimate of drug-likeness (QED) is 0.344. The van der Waals surface area contributed by atoms with Crippen LogP contribution in [0.15, 0.2) is 58.3 Å². The van der Waals surface area contributed by atoms with Crippen molar-refractivity contribution in [1.82, 2.24) is 10.3 Å². The average molecular weight is 494 g/mol. The van der Waals surface area contributed by atoms with Crippen molar-refractivity contribution in [3.63, 3.8) is 0 Å². The Bertz CT molecular complexity index is 1080. The number of nitrogens with one attached hydrogen (secondary N) is 2. The van der Waals surface area contributed by atoms with E-state index in [-0.39, 0.29) is 17.8 Å². The Hall–Kier alpha value is -2.13. The zero-order valence-corrected chi connectivity index (χ0v) is 19.7. The zero-order valence-electron chi connectivity index (χ0n) is 17.3. The summed E-state index contributed by atoms with van der Waals surface area (Å²) in [7, 11) is 1.92. The summed E-state index contributed by atoms with van der Waals surface area (Å²) in [4.78, 5) is 4.46. The molecule has 1 aromatic heterocycles. The molecule has 0 bridgehead atoms. The molecule has 9 heteroatoms. The van der Waals surface area contributed by atoms with Gasteiger partial charge in [-0.1, -0.05) is 29.8 Å².